The maximum absolute atomic E-state index is 15.1. The van der Waals surface area contributed by atoms with E-state index in [2.05, 4.69) is 10.6 Å². The van der Waals surface area contributed by atoms with Gasteiger partial charge in [-0.05, 0) is 36.5 Å². The van der Waals surface area contributed by atoms with Crippen LogP contribution in [0.4, 0.5) is 26.3 Å². The van der Waals surface area contributed by atoms with Crippen molar-refractivity contribution in [2.75, 3.05) is 0 Å². The van der Waals surface area contributed by atoms with E-state index in [9.17, 15) is 19.2 Å². The average Bonchev–Trinajstić information content (AvgIpc) is 3.53. The molecule has 4 aliphatic heterocycles. The van der Waals surface area contributed by atoms with E-state index in [0.717, 1.165) is 0 Å². The zero-order chi connectivity index (χ0) is 24.8. The van der Waals surface area contributed by atoms with Gasteiger partial charge in [-0.2, -0.15) is 26.3 Å². The van der Waals surface area contributed by atoms with Gasteiger partial charge in [0.25, 0.3) is 0 Å². The second-order valence-electron chi connectivity index (χ2n) is 11.7. The summed E-state index contributed by atoms with van der Waals surface area (Å²) in [7, 11) is 0. The van der Waals surface area contributed by atoms with Gasteiger partial charge in [0, 0.05) is 23.7 Å². The Balaban J connectivity index is 1.39. The molecule has 2 unspecified atom stereocenters. The number of carbonyl (C=O) groups excluding carboxylic acids is 4. The van der Waals surface area contributed by atoms with Crippen LogP contribution in [-0.4, -0.2) is 47.2 Å². The van der Waals surface area contributed by atoms with E-state index in [1.165, 1.54) is 0 Å². The lowest BCUT2D eigenvalue weighted by Crippen LogP contribution is -2.66. The van der Waals surface area contributed by atoms with Crippen LogP contribution in [0.5, 0.6) is 0 Å². The molecule has 0 aromatic rings. The van der Waals surface area contributed by atoms with Crippen LogP contribution in [0.1, 0.15) is 12.8 Å². The molecule has 0 aromatic carbocycles. The smallest absolute Gasteiger partial charge is 0.348 e. The Morgan fingerprint density at radius 1 is 0.571 bits per heavy atom. The minimum Gasteiger partial charge on any atom is -0.348 e. The van der Waals surface area contributed by atoms with Crippen molar-refractivity contribution in [3.63, 3.8) is 0 Å². The number of amides is 4. The fourth-order valence-electron chi connectivity index (χ4n) is 11.0. The van der Waals surface area contributed by atoms with Crippen molar-refractivity contribution in [2.45, 2.75) is 36.4 Å². The van der Waals surface area contributed by atoms with Gasteiger partial charge in [-0.1, -0.05) is 0 Å². The molecule has 4 heterocycles. The van der Waals surface area contributed by atoms with Crippen molar-refractivity contribution >= 4 is 23.6 Å². The van der Waals surface area contributed by atoms with E-state index >= 15 is 26.3 Å². The Bertz CT molecular complexity index is 1010. The first-order valence-electron chi connectivity index (χ1n) is 11.8. The Morgan fingerprint density at radius 2 is 0.829 bits per heavy atom. The largest absolute Gasteiger partial charge is 0.418 e. The maximum Gasteiger partial charge on any atom is 0.418 e. The number of carbonyl (C=O) groups is 4. The van der Waals surface area contributed by atoms with E-state index < -0.39 is 118 Å². The van der Waals surface area contributed by atoms with Gasteiger partial charge in [-0.25, -0.2) is 0 Å². The standard InChI is InChI=1S/C22H18F6N2O5/c23-21(24,25)19-11-3-1-4(8-7(3)15(31)29-16(8)32)12(11)20(35-19,22(26,27)28)14-6-2-5(13(14)19)9-10(6)18(34)30-17(9)33/h3-14H,1-2H2,(H,29,31,32)(H,30,33,34)/t3-,4+,5+,6-,7+,8-,9-,10+,11-,12+,13+,14-,19?,20?. The number of fused-ring (bicyclic) bond motifs is 22. The molecule has 8 aliphatic rings. The highest BCUT2D eigenvalue weighted by Gasteiger charge is 2.97. The van der Waals surface area contributed by atoms with Crippen LogP contribution in [0.3, 0.4) is 0 Å². The molecule has 0 spiro atoms. The molecule has 4 aliphatic carbocycles. The van der Waals surface area contributed by atoms with Crippen LogP contribution in [0.25, 0.3) is 0 Å². The van der Waals surface area contributed by atoms with Gasteiger partial charge in [-0.15, -0.1) is 0 Å². The molecule has 0 aromatic heterocycles. The van der Waals surface area contributed by atoms with Gasteiger partial charge in [0.2, 0.25) is 23.6 Å². The van der Waals surface area contributed by atoms with Gasteiger partial charge >= 0.3 is 12.4 Å². The van der Waals surface area contributed by atoms with Crippen LogP contribution < -0.4 is 10.6 Å². The first kappa shape index (κ1) is 21.0. The molecular formula is C22H18F6N2O5. The van der Waals surface area contributed by atoms with E-state index in [1.54, 1.807) is 0 Å². The average molecular weight is 504 g/mol. The van der Waals surface area contributed by atoms with Crippen LogP contribution in [0.15, 0.2) is 0 Å². The lowest BCUT2D eigenvalue weighted by atomic mass is 9.46. The topological polar surface area (TPSA) is 102 Å². The van der Waals surface area contributed by atoms with Crippen molar-refractivity contribution in [1.29, 1.82) is 0 Å². The van der Waals surface area contributed by atoms with E-state index in [4.69, 9.17) is 4.74 Å². The van der Waals surface area contributed by atoms with Crippen molar-refractivity contribution in [2.24, 2.45) is 71.0 Å². The summed E-state index contributed by atoms with van der Waals surface area (Å²) in [6.45, 7) is 0. The normalized spacial score (nSPS) is 58.6. The van der Waals surface area contributed by atoms with Crippen molar-refractivity contribution in [3.05, 3.63) is 0 Å². The summed E-state index contributed by atoms with van der Waals surface area (Å²) in [6, 6.07) is 0. The molecule has 4 saturated heterocycles. The number of halogens is 6. The molecule has 7 nitrogen and oxygen atoms in total. The zero-order valence-corrected chi connectivity index (χ0v) is 17.7. The van der Waals surface area contributed by atoms with Crippen molar-refractivity contribution in [1.82, 2.24) is 10.6 Å². The molecule has 188 valence electrons. The molecule has 35 heavy (non-hydrogen) atoms. The molecule has 8 fully saturated rings. The third-order valence-electron chi connectivity index (χ3n) is 11.2. The van der Waals surface area contributed by atoms with Crippen molar-refractivity contribution < 1.29 is 50.3 Å². The van der Waals surface area contributed by atoms with Crippen LogP contribution in [-0.2, 0) is 23.9 Å². The number of nitrogens with one attached hydrogen (secondary N) is 2. The summed E-state index contributed by atoms with van der Waals surface area (Å²) in [5.74, 6) is -18.3. The predicted octanol–water partition coefficient (Wildman–Crippen LogP) is 1.17. The number of ether oxygens (including phenoxy) is 1. The summed E-state index contributed by atoms with van der Waals surface area (Å²) >= 11 is 0. The van der Waals surface area contributed by atoms with Gasteiger partial charge in [0.15, 0.2) is 11.2 Å². The molecule has 13 heteroatoms. The molecule has 0 radical (unpaired) electrons. The highest BCUT2D eigenvalue weighted by Crippen LogP contribution is 2.86. The maximum atomic E-state index is 15.1. The van der Waals surface area contributed by atoms with E-state index in [1.807, 2.05) is 0 Å². The molecule has 14 atom stereocenters. The predicted molar refractivity (Wildman–Crippen MR) is 96.1 cm³/mol. The second kappa shape index (κ2) is 5.40. The highest BCUT2D eigenvalue weighted by molar-refractivity contribution is 6.07. The zero-order valence-electron chi connectivity index (χ0n) is 17.7. The van der Waals surface area contributed by atoms with Crippen molar-refractivity contribution in [3.8, 4) is 0 Å². The molecule has 6 bridgehead atoms. The Labute approximate surface area is 192 Å². The number of alkyl halides is 6. The van der Waals surface area contributed by atoms with E-state index in [-0.39, 0.29) is 12.8 Å². The van der Waals surface area contributed by atoms with Gasteiger partial charge < -0.3 is 4.74 Å². The monoisotopic (exact) mass is 504 g/mol. The van der Waals surface area contributed by atoms with Crippen LogP contribution in [0, 0.1) is 71.0 Å². The Hall–Kier alpha value is -2.18. The SMILES string of the molecule is O=C1NC(=O)[C@H]2[C@H]3C[C@@H]([C@@H]12)[C@H]1[C@@H]3C2(C(F)(F)F)OC1(C(F)(F)F)[C@@H]1[C@@H]3C[C@@H]([C@H]4C(=O)NC(=O)[C@@H]34)[C@@H]12. The Kier molecular flexibility index (Phi) is 3.23. The molecule has 4 amide bonds. The number of rotatable bonds is 0. The molecule has 4 saturated carbocycles. The minimum atomic E-state index is -5.21. The van der Waals surface area contributed by atoms with E-state index in [0.29, 0.717) is 0 Å². The minimum absolute atomic E-state index is 0.0795. The second-order valence-corrected chi connectivity index (χ2v) is 11.7. The highest BCUT2D eigenvalue weighted by atomic mass is 19.4. The summed E-state index contributed by atoms with van der Waals surface area (Å²) in [6.07, 6.45) is -10.6. The lowest BCUT2D eigenvalue weighted by Gasteiger charge is -2.53. The fraction of sp³-hybridized carbons (Fsp3) is 0.818. The van der Waals surface area contributed by atoms with Crippen LogP contribution >= 0.6 is 0 Å². The third-order valence-corrected chi connectivity index (χ3v) is 11.2. The Morgan fingerprint density at radius 3 is 1.06 bits per heavy atom. The van der Waals surface area contributed by atoms with Gasteiger partial charge in [0.05, 0.1) is 23.7 Å². The number of hydrogen-bond acceptors (Lipinski definition) is 5. The number of imide groups is 2. The number of hydrogen-bond donors (Lipinski definition) is 2. The summed E-state index contributed by atoms with van der Waals surface area (Å²) in [5, 5.41) is 4.21. The van der Waals surface area contributed by atoms with Gasteiger partial charge in [0.1, 0.15) is 0 Å². The first-order chi connectivity index (χ1) is 16.3. The first-order valence-corrected chi connectivity index (χ1v) is 11.8. The molecule has 2 N–H and O–H groups in total. The quantitative estimate of drug-likeness (QED) is 0.381. The summed E-state index contributed by atoms with van der Waals surface area (Å²) < 4.78 is 96.2. The molecule has 8 rings (SSSR count). The van der Waals surface area contributed by atoms with Crippen LogP contribution in [0.2, 0.25) is 0 Å². The van der Waals surface area contributed by atoms with Gasteiger partial charge in [-0.3, -0.25) is 29.8 Å². The summed E-state index contributed by atoms with van der Waals surface area (Å²) in [5.41, 5.74) is -6.38. The molecular weight excluding hydrogens is 486 g/mol. The fourth-order valence-corrected chi connectivity index (χ4v) is 11.0. The lowest BCUT2D eigenvalue weighted by molar-refractivity contribution is -0.329. The third kappa shape index (κ3) is 1.79. The summed E-state index contributed by atoms with van der Waals surface area (Å²) in [4.78, 5) is 50.0.